The van der Waals surface area contributed by atoms with E-state index in [0.29, 0.717) is 6.04 Å². The molecule has 3 heteroatoms. The molecule has 1 unspecified atom stereocenters. The topological polar surface area (TPSA) is 15.3 Å². The van der Waals surface area contributed by atoms with E-state index in [1.54, 1.807) is 6.07 Å². The Morgan fingerprint density at radius 1 is 1.37 bits per heavy atom. The summed E-state index contributed by atoms with van der Waals surface area (Å²) in [5, 5.41) is 3.32. The predicted molar refractivity (Wildman–Crippen MR) is 79.2 cm³/mol. The van der Waals surface area contributed by atoms with Crippen LogP contribution in [0.4, 0.5) is 10.1 Å². The van der Waals surface area contributed by atoms with Gasteiger partial charge in [0.2, 0.25) is 0 Å². The SMILES string of the molecule is CCCN(c1ccc(C(C)NCC)cc1F)C1CC1. The molecule has 106 valence electrons. The first kappa shape index (κ1) is 14.3. The van der Waals surface area contributed by atoms with Gasteiger partial charge in [0, 0.05) is 18.6 Å². The molecule has 0 heterocycles. The Kier molecular flexibility index (Phi) is 4.81. The summed E-state index contributed by atoms with van der Waals surface area (Å²) < 4.78 is 14.3. The average Bonchev–Trinajstić information content (AvgIpc) is 3.21. The van der Waals surface area contributed by atoms with Crippen LogP contribution in [0.15, 0.2) is 18.2 Å². The lowest BCUT2D eigenvalue weighted by atomic mass is 10.1. The van der Waals surface area contributed by atoms with Gasteiger partial charge in [-0.25, -0.2) is 4.39 Å². The molecule has 2 nitrogen and oxygen atoms in total. The van der Waals surface area contributed by atoms with E-state index >= 15 is 0 Å². The largest absolute Gasteiger partial charge is 0.366 e. The zero-order chi connectivity index (χ0) is 13.8. The minimum absolute atomic E-state index is 0.0809. The number of anilines is 1. The van der Waals surface area contributed by atoms with Gasteiger partial charge in [-0.2, -0.15) is 0 Å². The Morgan fingerprint density at radius 2 is 2.11 bits per heavy atom. The van der Waals surface area contributed by atoms with Crippen LogP contribution in [0.25, 0.3) is 0 Å². The number of hydrogen-bond acceptors (Lipinski definition) is 2. The van der Waals surface area contributed by atoms with Crippen LogP contribution in [0.1, 0.15) is 51.6 Å². The van der Waals surface area contributed by atoms with Crippen molar-refractivity contribution in [2.45, 2.75) is 52.1 Å². The molecule has 1 aliphatic rings. The molecule has 1 N–H and O–H groups in total. The monoisotopic (exact) mass is 264 g/mol. The number of nitrogens with zero attached hydrogens (tertiary/aromatic N) is 1. The fourth-order valence-corrected chi connectivity index (χ4v) is 2.58. The van der Waals surface area contributed by atoms with Crippen molar-refractivity contribution < 1.29 is 4.39 Å². The summed E-state index contributed by atoms with van der Waals surface area (Å²) in [6, 6.07) is 6.46. The normalized spacial score (nSPS) is 16.4. The Morgan fingerprint density at radius 3 is 2.63 bits per heavy atom. The highest BCUT2D eigenvalue weighted by atomic mass is 19.1. The van der Waals surface area contributed by atoms with Gasteiger partial charge >= 0.3 is 0 Å². The number of hydrogen-bond donors (Lipinski definition) is 1. The van der Waals surface area contributed by atoms with E-state index in [2.05, 4.69) is 37.1 Å². The molecule has 1 fully saturated rings. The minimum Gasteiger partial charge on any atom is -0.366 e. The zero-order valence-corrected chi connectivity index (χ0v) is 12.2. The van der Waals surface area contributed by atoms with E-state index in [0.717, 1.165) is 30.8 Å². The Balaban J connectivity index is 2.17. The molecule has 2 rings (SSSR count). The smallest absolute Gasteiger partial charge is 0.146 e. The van der Waals surface area contributed by atoms with Gasteiger partial charge in [0.1, 0.15) is 5.82 Å². The summed E-state index contributed by atoms with van der Waals surface area (Å²) in [4.78, 5) is 2.23. The van der Waals surface area contributed by atoms with Crippen molar-refractivity contribution in [3.8, 4) is 0 Å². The summed E-state index contributed by atoms with van der Waals surface area (Å²) in [5.74, 6) is -0.0809. The molecule has 1 aromatic carbocycles. The van der Waals surface area contributed by atoms with Crippen LogP contribution < -0.4 is 10.2 Å². The molecule has 1 saturated carbocycles. The fourth-order valence-electron chi connectivity index (χ4n) is 2.58. The Hall–Kier alpha value is -1.09. The van der Waals surface area contributed by atoms with Crippen LogP contribution in [0.3, 0.4) is 0 Å². The first-order chi connectivity index (χ1) is 9.17. The molecule has 0 aromatic heterocycles. The third-order valence-corrected chi connectivity index (χ3v) is 3.74. The highest BCUT2D eigenvalue weighted by molar-refractivity contribution is 5.51. The maximum Gasteiger partial charge on any atom is 0.146 e. The number of rotatable bonds is 7. The fraction of sp³-hybridized carbons (Fsp3) is 0.625. The van der Waals surface area contributed by atoms with Crippen molar-refractivity contribution in [1.82, 2.24) is 5.32 Å². The number of halogens is 1. The van der Waals surface area contributed by atoms with Crippen molar-refractivity contribution in [1.29, 1.82) is 0 Å². The lowest BCUT2D eigenvalue weighted by Crippen LogP contribution is -2.27. The van der Waals surface area contributed by atoms with Crippen LogP contribution in [0.5, 0.6) is 0 Å². The van der Waals surface area contributed by atoms with Crippen LogP contribution in [-0.2, 0) is 0 Å². The van der Waals surface area contributed by atoms with Crippen molar-refractivity contribution >= 4 is 5.69 Å². The van der Waals surface area contributed by atoms with Gasteiger partial charge in [-0.05, 0) is 50.4 Å². The maximum atomic E-state index is 14.3. The summed E-state index contributed by atoms with van der Waals surface area (Å²) >= 11 is 0. The molecule has 1 aromatic rings. The first-order valence-corrected chi connectivity index (χ1v) is 7.46. The number of nitrogens with one attached hydrogen (secondary N) is 1. The van der Waals surface area contributed by atoms with Gasteiger partial charge in [-0.3, -0.25) is 0 Å². The second-order valence-corrected chi connectivity index (χ2v) is 5.41. The second kappa shape index (κ2) is 6.38. The second-order valence-electron chi connectivity index (χ2n) is 5.41. The van der Waals surface area contributed by atoms with E-state index in [1.807, 2.05) is 6.07 Å². The summed E-state index contributed by atoms with van der Waals surface area (Å²) in [6.45, 7) is 8.13. The Labute approximate surface area is 116 Å². The molecule has 0 saturated heterocycles. The van der Waals surface area contributed by atoms with Crippen LogP contribution in [0, 0.1) is 5.82 Å². The first-order valence-electron chi connectivity index (χ1n) is 7.46. The standard InChI is InChI=1S/C16H25FN2/c1-4-10-19(14-7-8-14)16-9-6-13(11-15(16)17)12(3)18-5-2/h6,9,11-12,14,18H,4-5,7-8,10H2,1-3H3. The van der Waals surface area contributed by atoms with Gasteiger partial charge in [0.15, 0.2) is 0 Å². The van der Waals surface area contributed by atoms with Gasteiger partial charge in [-0.1, -0.05) is 19.9 Å². The maximum absolute atomic E-state index is 14.3. The van der Waals surface area contributed by atoms with Gasteiger partial charge in [0.05, 0.1) is 5.69 Å². The Bertz CT molecular complexity index is 415. The summed E-state index contributed by atoms with van der Waals surface area (Å²) in [6.07, 6.45) is 3.47. The van der Waals surface area contributed by atoms with E-state index in [-0.39, 0.29) is 11.9 Å². The quantitative estimate of drug-likeness (QED) is 0.804. The third-order valence-electron chi connectivity index (χ3n) is 3.74. The lowest BCUT2D eigenvalue weighted by molar-refractivity contribution is 0.579. The van der Waals surface area contributed by atoms with Crippen LogP contribution in [-0.4, -0.2) is 19.1 Å². The van der Waals surface area contributed by atoms with Gasteiger partial charge < -0.3 is 10.2 Å². The summed E-state index contributed by atoms with van der Waals surface area (Å²) in [5.41, 5.74) is 1.80. The molecule has 0 bridgehead atoms. The molecule has 0 aliphatic heterocycles. The van der Waals surface area contributed by atoms with E-state index in [1.165, 1.54) is 12.8 Å². The number of benzene rings is 1. The average molecular weight is 264 g/mol. The minimum atomic E-state index is -0.0809. The van der Waals surface area contributed by atoms with Crippen LogP contribution >= 0.6 is 0 Å². The zero-order valence-electron chi connectivity index (χ0n) is 12.2. The van der Waals surface area contributed by atoms with Crippen molar-refractivity contribution in [2.24, 2.45) is 0 Å². The molecule has 1 aliphatic carbocycles. The predicted octanol–water partition coefficient (Wildman–Crippen LogP) is 3.88. The van der Waals surface area contributed by atoms with E-state index in [4.69, 9.17) is 0 Å². The van der Waals surface area contributed by atoms with Crippen molar-refractivity contribution in [3.05, 3.63) is 29.6 Å². The van der Waals surface area contributed by atoms with Gasteiger partial charge in [-0.15, -0.1) is 0 Å². The summed E-state index contributed by atoms with van der Waals surface area (Å²) in [7, 11) is 0. The highest BCUT2D eigenvalue weighted by Gasteiger charge is 2.30. The third kappa shape index (κ3) is 3.47. The van der Waals surface area contributed by atoms with Crippen molar-refractivity contribution in [2.75, 3.05) is 18.0 Å². The molecule has 0 spiro atoms. The molecular weight excluding hydrogens is 239 g/mol. The highest BCUT2D eigenvalue weighted by Crippen LogP contribution is 2.34. The lowest BCUT2D eigenvalue weighted by Gasteiger charge is -2.25. The molecule has 0 radical (unpaired) electrons. The van der Waals surface area contributed by atoms with E-state index in [9.17, 15) is 4.39 Å². The molecule has 0 amide bonds. The van der Waals surface area contributed by atoms with Gasteiger partial charge in [0.25, 0.3) is 0 Å². The van der Waals surface area contributed by atoms with Crippen LogP contribution in [0.2, 0.25) is 0 Å². The molecule has 1 atom stereocenters. The van der Waals surface area contributed by atoms with E-state index < -0.39 is 0 Å². The molecule has 19 heavy (non-hydrogen) atoms. The molecular formula is C16H25FN2. The van der Waals surface area contributed by atoms with Crippen molar-refractivity contribution in [3.63, 3.8) is 0 Å².